The van der Waals surface area contributed by atoms with Crippen LogP contribution in [-0.2, 0) is 16.2 Å². The molecule has 0 radical (unpaired) electrons. The highest BCUT2D eigenvalue weighted by molar-refractivity contribution is 6.90. The quantitative estimate of drug-likeness (QED) is 0.246. The summed E-state index contributed by atoms with van der Waals surface area (Å²) in [5, 5.41) is 0. The summed E-state index contributed by atoms with van der Waals surface area (Å²) in [6.07, 6.45) is 0. The zero-order valence-corrected chi connectivity index (χ0v) is 24.0. The Balaban J connectivity index is 1.72. The van der Waals surface area contributed by atoms with E-state index in [2.05, 4.69) is 145 Å². The molecule has 0 unspecified atom stereocenters. The van der Waals surface area contributed by atoms with Crippen molar-refractivity contribution in [2.75, 3.05) is 4.81 Å². The Labute approximate surface area is 228 Å². The number of ether oxygens (including phenoxy) is 1. The molecule has 0 amide bonds. The van der Waals surface area contributed by atoms with E-state index in [1.807, 2.05) is 0 Å². The maximum absolute atomic E-state index is 6.44. The third kappa shape index (κ3) is 3.78. The molecule has 2 nitrogen and oxygen atoms in total. The number of benzene rings is 4. The van der Waals surface area contributed by atoms with Crippen molar-refractivity contribution in [3.8, 4) is 11.5 Å². The number of rotatable bonds is 1. The van der Waals surface area contributed by atoms with Gasteiger partial charge in [-0.3, -0.25) is 0 Å². The van der Waals surface area contributed by atoms with Gasteiger partial charge in [0.2, 0.25) is 0 Å². The molecule has 0 aliphatic carbocycles. The fourth-order valence-electron chi connectivity index (χ4n) is 6.17. The van der Waals surface area contributed by atoms with E-state index in [0.29, 0.717) is 0 Å². The van der Waals surface area contributed by atoms with Gasteiger partial charge in [-0.2, -0.15) is 0 Å². The molecule has 0 saturated heterocycles. The summed E-state index contributed by atoms with van der Waals surface area (Å²) in [4.78, 5) is 2.61. The minimum absolute atomic E-state index is 0.00446. The van der Waals surface area contributed by atoms with Crippen LogP contribution >= 0.6 is 0 Å². The van der Waals surface area contributed by atoms with Crippen molar-refractivity contribution in [3.05, 3.63) is 107 Å². The SMILES string of the molecule is CC(C)(C)c1ccc2c(c1)N(B1c3ccccc3Oc3ccccc31)c1cc(C(C)(C)C)ccc1C2(C)C. The molecule has 0 aromatic heterocycles. The van der Waals surface area contributed by atoms with Crippen LogP contribution in [0.5, 0.6) is 11.5 Å². The average Bonchev–Trinajstić information content (AvgIpc) is 2.86. The lowest BCUT2D eigenvalue weighted by atomic mass is 9.46. The molecule has 4 aromatic carbocycles. The smallest absolute Gasteiger partial charge is 0.335 e. The first-order valence-corrected chi connectivity index (χ1v) is 13.8. The minimum Gasteiger partial charge on any atom is -0.458 e. The van der Waals surface area contributed by atoms with E-state index >= 15 is 0 Å². The molecule has 0 spiro atoms. The Bertz CT molecular complexity index is 1440. The summed E-state index contributed by atoms with van der Waals surface area (Å²) in [6, 6.07) is 31.4. The lowest BCUT2D eigenvalue weighted by Crippen LogP contribution is -2.59. The molecule has 0 fully saturated rings. The molecular weight excluding hydrogens is 461 g/mol. The highest BCUT2D eigenvalue weighted by atomic mass is 16.5. The first-order valence-electron chi connectivity index (χ1n) is 13.8. The van der Waals surface area contributed by atoms with E-state index in [9.17, 15) is 0 Å². The zero-order valence-electron chi connectivity index (χ0n) is 24.0. The Morgan fingerprint density at radius 3 is 1.45 bits per heavy atom. The molecule has 38 heavy (non-hydrogen) atoms. The van der Waals surface area contributed by atoms with Gasteiger partial charge in [-0.25, -0.2) is 0 Å². The van der Waals surface area contributed by atoms with Crippen LogP contribution in [0.3, 0.4) is 0 Å². The van der Waals surface area contributed by atoms with E-state index in [4.69, 9.17) is 4.74 Å². The summed E-state index contributed by atoms with van der Waals surface area (Å²) < 4.78 is 6.44. The molecule has 2 heterocycles. The van der Waals surface area contributed by atoms with Gasteiger partial charge in [0.25, 0.3) is 0 Å². The molecule has 2 aliphatic heterocycles. The van der Waals surface area contributed by atoms with Crippen molar-refractivity contribution in [1.29, 1.82) is 0 Å². The van der Waals surface area contributed by atoms with Crippen LogP contribution in [0.4, 0.5) is 11.4 Å². The number of fused-ring (bicyclic) bond motifs is 4. The van der Waals surface area contributed by atoms with Gasteiger partial charge < -0.3 is 9.55 Å². The van der Waals surface area contributed by atoms with Gasteiger partial charge in [0.05, 0.1) is 0 Å². The number of para-hydroxylation sites is 2. The van der Waals surface area contributed by atoms with Gasteiger partial charge in [0.1, 0.15) is 11.5 Å². The Kier molecular flexibility index (Phi) is 5.41. The minimum atomic E-state index is -0.127. The lowest BCUT2D eigenvalue weighted by molar-refractivity contribution is 0.487. The van der Waals surface area contributed by atoms with Gasteiger partial charge in [-0.15, -0.1) is 0 Å². The van der Waals surface area contributed by atoms with Crippen LogP contribution in [0.1, 0.15) is 77.6 Å². The van der Waals surface area contributed by atoms with Gasteiger partial charge >= 0.3 is 6.85 Å². The summed E-state index contributed by atoms with van der Waals surface area (Å²) in [7, 11) is 0. The van der Waals surface area contributed by atoms with Crippen LogP contribution in [0, 0.1) is 0 Å². The van der Waals surface area contributed by atoms with Crippen molar-refractivity contribution in [2.24, 2.45) is 0 Å². The second-order valence-corrected chi connectivity index (χ2v) is 13.5. The van der Waals surface area contributed by atoms with Gasteiger partial charge in [0.15, 0.2) is 0 Å². The van der Waals surface area contributed by atoms with Gasteiger partial charge in [0, 0.05) is 16.8 Å². The highest BCUT2D eigenvalue weighted by Crippen LogP contribution is 2.51. The van der Waals surface area contributed by atoms with Crippen molar-refractivity contribution in [2.45, 2.75) is 71.6 Å². The van der Waals surface area contributed by atoms with Gasteiger partial charge in [-0.1, -0.05) is 116 Å². The van der Waals surface area contributed by atoms with Crippen LogP contribution in [0.25, 0.3) is 0 Å². The van der Waals surface area contributed by atoms with Crippen LogP contribution in [0.2, 0.25) is 0 Å². The molecule has 192 valence electrons. The normalized spacial score (nSPS) is 15.7. The predicted octanol–water partition coefficient (Wildman–Crippen LogP) is 7.97. The maximum atomic E-state index is 6.44. The molecule has 0 bridgehead atoms. The predicted molar refractivity (Wildman–Crippen MR) is 163 cm³/mol. The first-order chi connectivity index (χ1) is 17.9. The van der Waals surface area contributed by atoms with E-state index < -0.39 is 0 Å². The molecule has 4 aromatic rings. The van der Waals surface area contributed by atoms with E-state index in [1.165, 1.54) is 44.6 Å². The second-order valence-electron chi connectivity index (χ2n) is 13.5. The summed E-state index contributed by atoms with van der Waals surface area (Å²) in [6.45, 7) is 18.6. The second kappa shape index (κ2) is 8.27. The molecular formula is C35H38BNO. The Morgan fingerprint density at radius 2 is 1.03 bits per heavy atom. The number of hydrogen-bond donors (Lipinski definition) is 0. The summed E-state index contributed by atoms with van der Waals surface area (Å²) in [5.41, 5.74) is 10.4. The standard InChI is InChI=1S/C35H38BNO/c1-33(2,3)23-17-19-25-29(21-23)37(30-22-24(34(4,5)6)18-20-26(30)35(25,7)8)36-27-13-9-11-15-31(27)38-32-16-12-10-14-28(32)36/h9-22H,1-8H3. The first kappa shape index (κ1) is 24.9. The van der Waals surface area contributed by atoms with Crippen molar-refractivity contribution in [3.63, 3.8) is 0 Å². The van der Waals surface area contributed by atoms with E-state index in [-0.39, 0.29) is 23.1 Å². The molecule has 2 aliphatic rings. The van der Waals surface area contributed by atoms with Crippen LogP contribution in [0.15, 0.2) is 84.9 Å². The number of nitrogens with zero attached hydrogens (tertiary/aromatic N) is 1. The monoisotopic (exact) mass is 499 g/mol. The topological polar surface area (TPSA) is 12.5 Å². The molecule has 0 N–H and O–H groups in total. The largest absolute Gasteiger partial charge is 0.458 e. The zero-order chi connectivity index (χ0) is 27.0. The van der Waals surface area contributed by atoms with Crippen LogP contribution in [-0.4, -0.2) is 6.85 Å². The van der Waals surface area contributed by atoms with E-state index in [1.54, 1.807) is 0 Å². The maximum Gasteiger partial charge on any atom is 0.335 e. The Hall–Kier alpha value is -3.46. The number of hydrogen-bond acceptors (Lipinski definition) is 2. The number of anilines is 2. The summed E-state index contributed by atoms with van der Waals surface area (Å²) in [5.74, 6) is 1.87. The fraction of sp³-hybridized carbons (Fsp3) is 0.314. The third-order valence-electron chi connectivity index (χ3n) is 8.50. The molecule has 0 atom stereocenters. The summed E-state index contributed by atoms with van der Waals surface area (Å²) >= 11 is 0. The third-order valence-corrected chi connectivity index (χ3v) is 8.50. The van der Waals surface area contributed by atoms with Crippen LogP contribution < -0.4 is 20.5 Å². The van der Waals surface area contributed by atoms with E-state index in [0.717, 1.165) is 11.5 Å². The van der Waals surface area contributed by atoms with Crippen molar-refractivity contribution in [1.82, 2.24) is 0 Å². The van der Waals surface area contributed by atoms with Crippen molar-refractivity contribution >= 4 is 29.1 Å². The Morgan fingerprint density at radius 1 is 0.605 bits per heavy atom. The molecule has 3 heteroatoms. The highest BCUT2D eigenvalue weighted by Gasteiger charge is 2.45. The molecule has 6 rings (SSSR count). The van der Waals surface area contributed by atoms with Gasteiger partial charge in [-0.05, 0) is 68.3 Å². The average molecular weight is 500 g/mol. The molecule has 0 saturated carbocycles. The fourth-order valence-corrected chi connectivity index (χ4v) is 6.17. The lowest BCUT2D eigenvalue weighted by Gasteiger charge is -2.47. The van der Waals surface area contributed by atoms with Crippen molar-refractivity contribution < 1.29 is 4.74 Å².